The van der Waals surface area contributed by atoms with Gasteiger partial charge in [0.2, 0.25) is 0 Å². The van der Waals surface area contributed by atoms with Gasteiger partial charge in [-0.1, -0.05) is 0 Å². The van der Waals surface area contributed by atoms with E-state index in [2.05, 4.69) is 23.0 Å². The van der Waals surface area contributed by atoms with Gasteiger partial charge in [-0.2, -0.15) is 0 Å². The van der Waals surface area contributed by atoms with Crippen molar-refractivity contribution in [3.63, 3.8) is 0 Å². The lowest BCUT2D eigenvalue weighted by molar-refractivity contribution is 0.298. The minimum absolute atomic E-state index is 0.203. The van der Waals surface area contributed by atoms with Gasteiger partial charge in [0, 0.05) is 18.4 Å². The highest BCUT2D eigenvalue weighted by Gasteiger charge is 2.29. The van der Waals surface area contributed by atoms with E-state index in [1.54, 1.807) is 7.11 Å². The molecule has 1 aromatic carbocycles. The predicted octanol–water partition coefficient (Wildman–Crippen LogP) is 2.99. The molecule has 1 heterocycles. The average Bonchev–Trinajstić information content (AvgIpc) is 3.26. The molecule has 1 aliphatic rings. The van der Waals surface area contributed by atoms with Crippen molar-refractivity contribution >= 4 is 0 Å². The van der Waals surface area contributed by atoms with Crippen LogP contribution in [0.4, 0.5) is 0 Å². The maximum atomic E-state index is 6.20. The minimum Gasteiger partial charge on any atom is -0.497 e. The van der Waals surface area contributed by atoms with Gasteiger partial charge in [-0.15, -0.1) is 0 Å². The molecule has 2 aromatic rings. The molecule has 4 heteroatoms. The van der Waals surface area contributed by atoms with Crippen molar-refractivity contribution in [2.45, 2.75) is 25.4 Å². The predicted molar refractivity (Wildman–Crippen MR) is 82.6 cm³/mol. The van der Waals surface area contributed by atoms with Crippen LogP contribution in [0.3, 0.4) is 0 Å². The summed E-state index contributed by atoms with van der Waals surface area (Å²) >= 11 is 0. The van der Waals surface area contributed by atoms with Crippen LogP contribution in [0.15, 0.2) is 42.7 Å². The number of nitrogens with two attached hydrogens (primary N) is 1. The molecule has 0 spiro atoms. The number of ether oxygens (including phenoxy) is 2. The van der Waals surface area contributed by atoms with Gasteiger partial charge in [0.1, 0.15) is 18.1 Å². The number of methoxy groups -OCH3 is 1. The molecule has 2 N–H and O–H groups in total. The summed E-state index contributed by atoms with van der Waals surface area (Å²) in [5, 5.41) is 0. The first-order valence-corrected chi connectivity index (χ1v) is 7.44. The van der Waals surface area contributed by atoms with Crippen LogP contribution in [0.25, 0.3) is 0 Å². The maximum absolute atomic E-state index is 6.20. The highest BCUT2D eigenvalue weighted by molar-refractivity contribution is 5.31. The summed E-state index contributed by atoms with van der Waals surface area (Å²) in [5.74, 6) is 2.39. The van der Waals surface area contributed by atoms with Crippen LogP contribution in [-0.4, -0.2) is 18.3 Å². The Hall–Kier alpha value is -1.94. The van der Waals surface area contributed by atoms with Gasteiger partial charge in [0.05, 0.1) is 13.7 Å². The molecule has 1 saturated carbocycles. The van der Waals surface area contributed by atoms with Gasteiger partial charge in [0.25, 0.3) is 0 Å². The summed E-state index contributed by atoms with van der Waals surface area (Å²) in [6.07, 6.45) is 6.76. The molecular formula is C17H22N2O2. The first-order valence-electron chi connectivity index (χ1n) is 7.44. The second kappa shape index (κ2) is 6.22. The molecular weight excluding hydrogens is 264 g/mol. The zero-order valence-electron chi connectivity index (χ0n) is 12.4. The fourth-order valence-corrected chi connectivity index (χ4v) is 2.46. The van der Waals surface area contributed by atoms with Crippen molar-refractivity contribution in [1.82, 2.24) is 4.57 Å². The summed E-state index contributed by atoms with van der Waals surface area (Å²) in [6, 6.07) is 9.96. The van der Waals surface area contributed by atoms with Gasteiger partial charge >= 0.3 is 0 Å². The van der Waals surface area contributed by atoms with Gasteiger partial charge in [0.15, 0.2) is 0 Å². The Balaban J connectivity index is 1.48. The van der Waals surface area contributed by atoms with Crippen molar-refractivity contribution in [1.29, 1.82) is 0 Å². The fourth-order valence-electron chi connectivity index (χ4n) is 2.46. The Morgan fingerprint density at radius 3 is 2.57 bits per heavy atom. The third-order valence-electron chi connectivity index (χ3n) is 3.97. The van der Waals surface area contributed by atoms with E-state index in [0.717, 1.165) is 18.0 Å². The molecule has 1 aliphatic carbocycles. The fraction of sp³-hybridized carbons (Fsp3) is 0.412. The number of hydrogen-bond acceptors (Lipinski definition) is 3. The largest absolute Gasteiger partial charge is 0.497 e. The van der Waals surface area contributed by atoms with E-state index in [-0.39, 0.29) is 6.04 Å². The monoisotopic (exact) mass is 286 g/mol. The Labute approximate surface area is 125 Å². The molecule has 1 atom stereocenters. The van der Waals surface area contributed by atoms with Crippen molar-refractivity contribution in [3.05, 3.63) is 48.3 Å². The number of nitrogens with zero attached hydrogens (tertiary/aromatic N) is 1. The summed E-state index contributed by atoms with van der Waals surface area (Å²) in [4.78, 5) is 0. The van der Waals surface area contributed by atoms with E-state index >= 15 is 0 Å². The van der Waals surface area contributed by atoms with Gasteiger partial charge in [-0.3, -0.25) is 0 Å². The summed E-state index contributed by atoms with van der Waals surface area (Å²) in [5.41, 5.74) is 7.44. The molecule has 112 valence electrons. The highest BCUT2D eigenvalue weighted by Crippen LogP contribution is 2.39. The quantitative estimate of drug-likeness (QED) is 0.851. The molecule has 21 heavy (non-hydrogen) atoms. The second-order valence-electron chi connectivity index (χ2n) is 5.57. The first kappa shape index (κ1) is 14.0. The Morgan fingerprint density at radius 2 is 1.90 bits per heavy atom. The highest BCUT2D eigenvalue weighted by atomic mass is 16.5. The van der Waals surface area contributed by atoms with Crippen LogP contribution >= 0.6 is 0 Å². The smallest absolute Gasteiger partial charge is 0.119 e. The zero-order chi connectivity index (χ0) is 14.7. The van der Waals surface area contributed by atoms with Crippen molar-refractivity contribution in [2.75, 3.05) is 13.7 Å². The van der Waals surface area contributed by atoms with Gasteiger partial charge in [-0.05, 0) is 54.7 Å². The van der Waals surface area contributed by atoms with Crippen LogP contribution in [0, 0.1) is 5.92 Å². The molecule has 0 radical (unpaired) electrons. The maximum Gasteiger partial charge on any atom is 0.119 e. The van der Waals surface area contributed by atoms with Gasteiger partial charge in [-0.25, -0.2) is 0 Å². The number of aromatic nitrogens is 1. The van der Waals surface area contributed by atoms with E-state index < -0.39 is 0 Å². The number of rotatable bonds is 7. The van der Waals surface area contributed by atoms with Crippen molar-refractivity contribution in [3.8, 4) is 11.5 Å². The van der Waals surface area contributed by atoms with Crippen LogP contribution in [0.5, 0.6) is 11.5 Å². The Kier molecular flexibility index (Phi) is 4.15. The Morgan fingerprint density at radius 1 is 1.19 bits per heavy atom. The molecule has 4 nitrogen and oxygen atoms in total. The number of benzene rings is 1. The molecule has 0 bridgehead atoms. The zero-order valence-corrected chi connectivity index (χ0v) is 12.4. The normalized spacial score (nSPS) is 15.7. The molecule has 1 unspecified atom stereocenters. The van der Waals surface area contributed by atoms with Crippen LogP contribution in [0.1, 0.15) is 24.4 Å². The lowest BCUT2D eigenvalue weighted by Gasteiger charge is -2.09. The topological polar surface area (TPSA) is 49.4 Å². The number of hydrogen-bond donors (Lipinski definition) is 1. The van der Waals surface area contributed by atoms with Crippen LogP contribution < -0.4 is 15.2 Å². The molecule has 0 aliphatic heterocycles. The molecule has 0 saturated heterocycles. The van der Waals surface area contributed by atoms with Crippen molar-refractivity contribution < 1.29 is 9.47 Å². The van der Waals surface area contributed by atoms with E-state index in [1.165, 1.54) is 18.4 Å². The summed E-state index contributed by atoms with van der Waals surface area (Å²) in [7, 11) is 1.66. The molecule has 1 aromatic heterocycles. The van der Waals surface area contributed by atoms with Crippen molar-refractivity contribution in [2.24, 2.45) is 11.7 Å². The average molecular weight is 286 g/mol. The Bertz CT molecular complexity index is 573. The lowest BCUT2D eigenvalue weighted by atomic mass is 10.1. The minimum atomic E-state index is 0.203. The second-order valence-corrected chi connectivity index (χ2v) is 5.57. The third-order valence-corrected chi connectivity index (χ3v) is 3.97. The third kappa shape index (κ3) is 3.58. The molecule has 3 rings (SSSR count). The molecule has 0 amide bonds. The summed E-state index contributed by atoms with van der Waals surface area (Å²) in [6.45, 7) is 1.46. The van der Waals surface area contributed by atoms with Crippen LogP contribution in [0.2, 0.25) is 0 Å². The van der Waals surface area contributed by atoms with E-state index in [9.17, 15) is 0 Å². The van der Waals surface area contributed by atoms with Gasteiger partial charge < -0.3 is 19.8 Å². The van der Waals surface area contributed by atoms with E-state index in [4.69, 9.17) is 15.2 Å². The first-order chi connectivity index (χ1) is 10.3. The SMILES string of the molecule is COc1ccc(OCCn2ccc(C(N)C3CC3)c2)cc1. The van der Waals surface area contributed by atoms with Crippen LogP contribution in [-0.2, 0) is 6.54 Å². The van der Waals surface area contributed by atoms with E-state index in [1.807, 2.05) is 24.3 Å². The van der Waals surface area contributed by atoms with E-state index in [0.29, 0.717) is 12.5 Å². The summed E-state index contributed by atoms with van der Waals surface area (Å²) < 4.78 is 13.0. The molecule has 1 fully saturated rings. The lowest BCUT2D eigenvalue weighted by Crippen LogP contribution is -2.12. The standard InChI is InChI=1S/C17H22N2O2/c1-20-15-4-6-16(7-5-15)21-11-10-19-9-8-14(12-19)17(18)13-2-3-13/h4-9,12-13,17H,2-3,10-11,18H2,1H3.